The van der Waals surface area contributed by atoms with E-state index in [0.29, 0.717) is 5.41 Å². The van der Waals surface area contributed by atoms with Gasteiger partial charge in [-0.1, -0.05) is 69.2 Å². The zero-order chi connectivity index (χ0) is 14.7. The zero-order valence-corrected chi connectivity index (χ0v) is 14.7. The van der Waals surface area contributed by atoms with Crippen LogP contribution in [-0.2, 0) is 0 Å². The Morgan fingerprint density at radius 3 is 1.44 bits per heavy atom. The number of rotatable bonds is 7. The van der Waals surface area contributed by atoms with Gasteiger partial charge in [-0.05, 0) is 47.3 Å². The Hall–Kier alpha value is 0. The maximum atomic E-state index is 2.47. The van der Waals surface area contributed by atoms with E-state index < -0.39 is 0 Å². The summed E-state index contributed by atoms with van der Waals surface area (Å²) < 4.78 is 0. The molecule has 0 aromatic heterocycles. The highest BCUT2D eigenvalue weighted by molar-refractivity contribution is 4.85. The molecule has 0 aliphatic heterocycles. The average Bonchev–Trinajstić information content (AvgIpc) is 2.23. The Balaban J connectivity index is 4.85. The van der Waals surface area contributed by atoms with E-state index in [1.165, 1.54) is 6.42 Å². The summed E-state index contributed by atoms with van der Waals surface area (Å²) in [5.41, 5.74) is 0.444. The molecule has 0 aromatic rings. The van der Waals surface area contributed by atoms with Crippen molar-refractivity contribution in [2.75, 3.05) is 0 Å². The van der Waals surface area contributed by atoms with Crippen LogP contribution in [0.1, 0.15) is 75.7 Å². The molecule has 0 aliphatic rings. The Bertz CT molecular complexity index is 222. The lowest BCUT2D eigenvalue weighted by Gasteiger charge is -2.43. The second kappa shape index (κ2) is 6.96. The monoisotopic (exact) mass is 254 g/mol. The maximum Gasteiger partial charge on any atom is -0.0300 e. The lowest BCUT2D eigenvalue weighted by molar-refractivity contribution is 0.0640. The first kappa shape index (κ1) is 18.0. The van der Waals surface area contributed by atoms with Crippen LogP contribution < -0.4 is 0 Å². The van der Waals surface area contributed by atoms with Gasteiger partial charge in [0.25, 0.3) is 0 Å². The minimum Gasteiger partial charge on any atom is -0.0625 e. The van der Waals surface area contributed by atoms with E-state index in [2.05, 4.69) is 69.2 Å². The predicted octanol–water partition coefficient (Wildman–Crippen LogP) is 6.26. The topological polar surface area (TPSA) is 0 Å². The summed E-state index contributed by atoms with van der Waals surface area (Å²) in [5.74, 6) is 4.82. The Morgan fingerprint density at radius 2 is 1.17 bits per heavy atom. The van der Waals surface area contributed by atoms with Gasteiger partial charge in [-0.2, -0.15) is 0 Å². The van der Waals surface area contributed by atoms with Crippen molar-refractivity contribution in [2.24, 2.45) is 40.9 Å². The van der Waals surface area contributed by atoms with Gasteiger partial charge in [0.15, 0.2) is 0 Å². The molecule has 0 aromatic carbocycles. The molecule has 0 bridgehead atoms. The van der Waals surface area contributed by atoms with Crippen LogP contribution in [0.3, 0.4) is 0 Å². The first-order valence-electron chi connectivity index (χ1n) is 8.01. The second-order valence-corrected chi connectivity index (χ2v) is 8.14. The van der Waals surface area contributed by atoms with Crippen LogP contribution in [0.4, 0.5) is 0 Å². The van der Waals surface area contributed by atoms with Gasteiger partial charge in [0.1, 0.15) is 0 Å². The quantitative estimate of drug-likeness (QED) is 0.503. The van der Waals surface area contributed by atoms with Crippen LogP contribution >= 0.6 is 0 Å². The van der Waals surface area contributed by atoms with Crippen LogP contribution in [0, 0.1) is 40.9 Å². The van der Waals surface area contributed by atoms with E-state index in [-0.39, 0.29) is 0 Å². The molecule has 0 saturated carbocycles. The van der Waals surface area contributed by atoms with Gasteiger partial charge in [0.05, 0.1) is 0 Å². The molecular formula is C18H38. The normalized spacial score (nSPS) is 18.5. The van der Waals surface area contributed by atoms with Crippen molar-refractivity contribution in [3.05, 3.63) is 0 Å². The second-order valence-electron chi connectivity index (χ2n) is 8.14. The maximum absolute atomic E-state index is 2.47. The molecule has 0 aliphatic carbocycles. The minimum absolute atomic E-state index is 0.444. The molecule has 3 unspecified atom stereocenters. The van der Waals surface area contributed by atoms with Gasteiger partial charge >= 0.3 is 0 Å². The Labute approximate surface area is 117 Å². The third-order valence-corrected chi connectivity index (χ3v) is 5.82. The predicted molar refractivity (Wildman–Crippen MR) is 84.7 cm³/mol. The Morgan fingerprint density at radius 1 is 0.722 bits per heavy atom. The van der Waals surface area contributed by atoms with Crippen molar-refractivity contribution in [1.29, 1.82) is 0 Å². The lowest BCUT2D eigenvalue weighted by atomic mass is 9.62. The SMILES string of the molecule is CC(C)C(C)C(C)CC(C(C)C)C(C)(C)C(C)C. The summed E-state index contributed by atoms with van der Waals surface area (Å²) in [4.78, 5) is 0. The van der Waals surface area contributed by atoms with E-state index in [1.54, 1.807) is 0 Å². The van der Waals surface area contributed by atoms with Crippen LogP contribution in [0.15, 0.2) is 0 Å². The molecular weight excluding hydrogens is 216 g/mol. The largest absolute Gasteiger partial charge is 0.0625 e. The van der Waals surface area contributed by atoms with Gasteiger partial charge in [-0.15, -0.1) is 0 Å². The summed E-state index contributed by atoms with van der Waals surface area (Å²) in [6, 6.07) is 0. The molecule has 0 nitrogen and oxygen atoms in total. The van der Waals surface area contributed by atoms with Gasteiger partial charge < -0.3 is 0 Å². The zero-order valence-electron chi connectivity index (χ0n) is 14.7. The van der Waals surface area contributed by atoms with Gasteiger partial charge in [0.2, 0.25) is 0 Å². The van der Waals surface area contributed by atoms with Crippen molar-refractivity contribution in [3.63, 3.8) is 0 Å². The van der Waals surface area contributed by atoms with Crippen molar-refractivity contribution >= 4 is 0 Å². The Kier molecular flexibility index (Phi) is 6.96. The molecule has 0 N–H and O–H groups in total. The van der Waals surface area contributed by atoms with Crippen LogP contribution in [-0.4, -0.2) is 0 Å². The first-order valence-corrected chi connectivity index (χ1v) is 8.01. The third kappa shape index (κ3) is 4.59. The van der Waals surface area contributed by atoms with E-state index >= 15 is 0 Å². The van der Waals surface area contributed by atoms with E-state index in [9.17, 15) is 0 Å². The van der Waals surface area contributed by atoms with Crippen LogP contribution in [0.5, 0.6) is 0 Å². The standard InChI is InChI=1S/C18H38/c1-12(2)16(8)15(7)11-17(13(3)4)18(9,10)14(5)6/h12-17H,11H2,1-10H3. The minimum atomic E-state index is 0.444. The lowest BCUT2D eigenvalue weighted by Crippen LogP contribution is -2.35. The highest BCUT2D eigenvalue weighted by Crippen LogP contribution is 2.44. The van der Waals surface area contributed by atoms with Gasteiger partial charge in [-0.25, -0.2) is 0 Å². The van der Waals surface area contributed by atoms with Crippen molar-refractivity contribution in [3.8, 4) is 0 Å². The first-order chi connectivity index (χ1) is 8.01. The fraction of sp³-hybridized carbons (Fsp3) is 1.00. The van der Waals surface area contributed by atoms with Gasteiger partial charge in [-0.3, -0.25) is 0 Å². The summed E-state index contributed by atoms with van der Waals surface area (Å²) in [6.07, 6.45) is 1.38. The van der Waals surface area contributed by atoms with E-state index in [0.717, 1.165) is 35.5 Å². The van der Waals surface area contributed by atoms with E-state index in [1.807, 2.05) is 0 Å². The number of hydrogen-bond acceptors (Lipinski definition) is 0. The van der Waals surface area contributed by atoms with Crippen molar-refractivity contribution in [2.45, 2.75) is 75.7 Å². The van der Waals surface area contributed by atoms with Crippen molar-refractivity contribution in [1.82, 2.24) is 0 Å². The molecule has 0 amide bonds. The molecule has 0 saturated heterocycles. The number of hydrogen-bond donors (Lipinski definition) is 0. The molecule has 0 radical (unpaired) electrons. The molecule has 110 valence electrons. The van der Waals surface area contributed by atoms with E-state index in [4.69, 9.17) is 0 Å². The summed E-state index contributed by atoms with van der Waals surface area (Å²) in [7, 11) is 0. The van der Waals surface area contributed by atoms with Gasteiger partial charge in [0, 0.05) is 0 Å². The fourth-order valence-electron chi connectivity index (χ4n) is 3.14. The molecule has 18 heavy (non-hydrogen) atoms. The molecule has 0 rings (SSSR count). The molecule has 0 fully saturated rings. The third-order valence-electron chi connectivity index (χ3n) is 5.82. The molecule has 0 heteroatoms. The molecule has 0 heterocycles. The van der Waals surface area contributed by atoms with Crippen molar-refractivity contribution < 1.29 is 0 Å². The van der Waals surface area contributed by atoms with Crippen LogP contribution in [0.2, 0.25) is 0 Å². The summed E-state index contributed by atoms with van der Waals surface area (Å²) in [6.45, 7) is 24.1. The molecule has 0 spiro atoms. The average molecular weight is 255 g/mol. The summed E-state index contributed by atoms with van der Waals surface area (Å²) in [5, 5.41) is 0. The van der Waals surface area contributed by atoms with Crippen LogP contribution in [0.25, 0.3) is 0 Å². The highest BCUT2D eigenvalue weighted by atomic mass is 14.4. The highest BCUT2D eigenvalue weighted by Gasteiger charge is 2.36. The molecule has 3 atom stereocenters. The fourth-order valence-corrected chi connectivity index (χ4v) is 3.14. The summed E-state index contributed by atoms with van der Waals surface area (Å²) >= 11 is 0. The smallest absolute Gasteiger partial charge is 0.0300 e.